The summed E-state index contributed by atoms with van der Waals surface area (Å²) in [7, 11) is 0. The fourth-order valence-electron chi connectivity index (χ4n) is 3.08. The van der Waals surface area contributed by atoms with Gasteiger partial charge in [-0.2, -0.15) is 0 Å². The number of benzene rings is 1. The molecule has 1 aromatic carbocycles. The fraction of sp³-hybridized carbons (Fsp3) is 0.571. The molecule has 1 aromatic rings. The van der Waals surface area contributed by atoms with E-state index in [4.69, 9.17) is 10.6 Å². The van der Waals surface area contributed by atoms with E-state index in [0.717, 1.165) is 25.7 Å². The van der Waals surface area contributed by atoms with Crippen molar-refractivity contribution in [2.45, 2.75) is 44.2 Å². The van der Waals surface area contributed by atoms with Gasteiger partial charge in [-0.15, -0.1) is 0 Å². The maximum Gasteiger partial charge on any atom is 0.145 e. The van der Waals surface area contributed by atoms with Gasteiger partial charge in [-0.05, 0) is 47.8 Å². The standard InChI is InChI=1S/C14H19BrF2N2O/c1-2-20-14(7-3-4-8-14)13(19-18)11-10(16)6-5-9(15)12(11)17/h5-6,13,19H,2-4,7-8,18H2,1H3. The number of hydrazine groups is 1. The molecule has 0 saturated heterocycles. The minimum Gasteiger partial charge on any atom is -0.373 e. The topological polar surface area (TPSA) is 47.3 Å². The summed E-state index contributed by atoms with van der Waals surface area (Å²) in [6.45, 7) is 2.36. The summed E-state index contributed by atoms with van der Waals surface area (Å²) in [5.74, 6) is 4.37. The van der Waals surface area contributed by atoms with Gasteiger partial charge in [0.15, 0.2) is 0 Å². The van der Waals surface area contributed by atoms with Crippen LogP contribution in [0.2, 0.25) is 0 Å². The number of nitrogens with one attached hydrogen (secondary N) is 1. The van der Waals surface area contributed by atoms with Gasteiger partial charge in [0.1, 0.15) is 11.6 Å². The molecule has 3 nitrogen and oxygen atoms in total. The average molecular weight is 349 g/mol. The second-order valence-corrected chi connectivity index (χ2v) is 5.92. The van der Waals surface area contributed by atoms with Crippen molar-refractivity contribution < 1.29 is 13.5 Å². The van der Waals surface area contributed by atoms with Crippen molar-refractivity contribution in [2.75, 3.05) is 6.61 Å². The van der Waals surface area contributed by atoms with E-state index in [1.807, 2.05) is 6.92 Å². The van der Waals surface area contributed by atoms with Crippen molar-refractivity contribution in [1.82, 2.24) is 5.43 Å². The maximum absolute atomic E-state index is 14.3. The van der Waals surface area contributed by atoms with Gasteiger partial charge in [0, 0.05) is 12.2 Å². The SMILES string of the molecule is CCOC1(C(NN)c2c(F)ccc(Br)c2F)CCCC1. The summed E-state index contributed by atoms with van der Waals surface area (Å²) in [6, 6.07) is 1.88. The Morgan fingerprint density at radius 2 is 2.05 bits per heavy atom. The number of nitrogens with two attached hydrogens (primary N) is 1. The smallest absolute Gasteiger partial charge is 0.145 e. The first-order chi connectivity index (χ1) is 9.55. The van der Waals surface area contributed by atoms with Crippen LogP contribution in [0.25, 0.3) is 0 Å². The van der Waals surface area contributed by atoms with E-state index in [1.165, 1.54) is 12.1 Å². The molecule has 0 bridgehead atoms. The highest BCUT2D eigenvalue weighted by Crippen LogP contribution is 2.44. The van der Waals surface area contributed by atoms with Crippen LogP contribution in [-0.2, 0) is 4.74 Å². The summed E-state index contributed by atoms with van der Waals surface area (Å²) in [5.41, 5.74) is 1.86. The first-order valence-electron chi connectivity index (χ1n) is 6.79. The molecule has 6 heteroatoms. The van der Waals surface area contributed by atoms with Crippen molar-refractivity contribution in [3.05, 3.63) is 33.8 Å². The van der Waals surface area contributed by atoms with Crippen LogP contribution in [0.5, 0.6) is 0 Å². The van der Waals surface area contributed by atoms with Crippen molar-refractivity contribution in [3.8, 4) is 0 Å². The molecule has 1 fully saturated rings. The third kappa shape index (κ3) is 2.74. The number of halogens is 3. The van der Waals surface area contributed by atoms with Gasteiger partial charge in [0.25, 0.3) is 0 Å². The molecular weight excluding hydrogens is 330 g/mol. The molecule has 0 aromatic heterocycles. The quantitative estimate of drug-likeness (QED) is 0.485. The lowest BCUT2D eigenvalue weighted by molar-refractivity contribution is -0.0642. The Kier molecular flexibility index (Phi) is 5.12. The highest BCUT2D eigenvalue weighted by Gasteiger charge is 2.45. The predicted octanol–water partition coefficient (Wildman–Crippen LogP) is 3.58. The molecule has 0 amide bonds. The normalized spacial score (nSPS) is 19.2. The average Bonchev–Trinajstić information content (AvgIpc) is 2.89. The van der Waals surface area contributed by atoms with E-state index in [9.17, 15) is 8.78 Å². The van der Waals surface area contributed by atoms with Gasteiger partial charge in [0.2, 0.25) is 0 Å². The first kappa shape index (κ1) is 15.8. The van der Waals surface area contributed by atoms with Gasteiger partial charge >= 0.3 is 0 Å². The van der Waals surface area contributed by atoms with E-state index in [1.54, 1.807) is 0 Å². The van der Waals surface area contributed by atoms with Crippen LogP contribution >= 0.6 is 15.9 Å². The third-order valence-electron chi connectivity index (χ3n) is 3.94. The number of hydrogen-bond donors (Lipinski definition) is 2. The molecular formula is C14H19BrF2N2O. The Bertz CT molecular complexity index is 478. The minimum atomic E-state index is -0.706. The Morgan fingerprint density at radius 1 is 1.40 bits per heavy atom. The largest absolute Gasteiger partial charge is 0.373 e. The first-order valence-corrected chi connectivity index (χ1v) is 7.58. The molecule has 0 heterocycles. The molecule has 20 heavy (non-hydrogen) atoms. The third-order valence-corrected chi connectivity index (χ3v) is 4.56. The lowest BCUT2D eigenvalue weighted by atomic mass is 9.86. The van der Waals surface area contributed by atoms with Crippen LogP contribution < -0.4 is 11.3 Å². The molecule has 1 aliphatic rings. The van der Waals surface area contributed by atoms with E-state index < -0.39 is 23.3 Å². The fourth-order valence-corrected chi connectivity index (χ4v) is 3.43. The van der Waals surface area contributed by atoms with Crippen molar-refractivity contribution in [2.24, 2.45) is 5.84 Å². The molecule has 3 N–H and O–H groups in total. The monoisotopic (exact) mass is 348 g/mol. The zero-order valence-electron chi connectivity index (χ0n) is 11.4. The zero-order chi connectivity index (χ0) is 14.8. The molecule has 1 saturated carbocycles. The molecule has 0 radical (unpaired) electrons. The number of rotatable bonds is 5. The summed E-state index contributed by atoms with van der Waals surface area (Å²) >= 11 is 3.09. The van der Waals surface area contributed by atoms with Crippen molar-refractivity contribution >= 4 is 15.9 Å². The molecule has 1 unspecified atom stereocenters. The lowest BCUT2D eigenvalue weighted by Crippen LogP contribution is -2.47. The predicted molar refractivity (Wildman–Crippen MR) is 76.9 cm³/mol. The van der Waals surface area contributed by atoms with Crippen molar-refractivity contribution in [3.63, 3.8) is 0 Å². The van der Waals surface area contributed by atoms with E-state index in [0.29, 0.717) is 6.61 Å². The molecule has 0 aliphatic heterocycles. The second-order valence-electron chi connectivity index (χ2n) is 5.06. The molecule has 112 valence electrons. The van der Waals surface area contributed by atoms with Gasteiger partial charge in [-0.1, -0.05) is 12.8 Å². The van der Waals surface area contributed by atoms with Gasteiger partial charge in [-0.25, -0.2) is 14.2 Å². The highest BCUT2D eigenvalue weighted by molar-refractivity contribution is 9.10. The molecule has 0 spiro atoms. The van der Waals surface area contributed by atoms with Crippen LogP contribution in [0.1, 0.15) is 44.2 Å². The van der Waals surface area contributed by atoms with E-state index in [2.05, 4.69) is 21.4 Å². The minimum absolute atomic E-state index is 0.0581. The van der Waals surface area contributed by atoms with Gasteiger partial charge in [-0.3, -0.25) is 5.84 Å². The Labute approximate surface area is 126 Å². The van der Waals surface area contributed by atoms with Crippen molar-refractivity contribution in [1.29, 1.82) is 0 Å². The maximum atomic E-state index is 14.3. The van der Waals surface area contributed by atoms with Gasteiger partial charge in [0.05, 0.1) is 16.1 Å². The van der Waals surface area contributed by atoms with Crippen LogP contribution in [0.15, 0.2) is 16.6 Å². The number of hydrogen-bond acceptors (Lipinski definition) is 3. The second kappa shape index (κ2) is 6.47. The molecule has 1 atom stereocenters. The Balaban J connectivity index is 2.49. The molecule has 1 aliphatic carbocycles. The summed E-state index contributed by atoms with van der Waals surface area (Å²) < 4.78 is 34.5. The van der Waals surface area contributed by atoms with E-state index >= 15 is 0 Å². The Hall–Kier alpha value is -0.560. The summed E-state index contributed by atoms with van der Waals surface area (Å²) in [6.07, 6.45) is 3.41. The lowest BCUT2D eigenvalue weighted by Gasteiger charge is -2.37. The van der Waals surface area contributed by atoms with Crippen LogP contribution in [0.4, 0.5) is 8.78 Å². The van der Waals surface area contributed by atoms with Crippen LogP contribution in [0, 0.1) is 11.6 Å². The van der Waals surface area contributed by atoms with Gasteiger partial charge < -0.3 is 4.74 Å². The summed E-state index contributed by atoms with van der Waals surface area (Å²) in [4.78, 5) is 0. The highest BCUT2D eigenvalue weighted by atomic mass is 79.9. The summed E-state index contributed by atoms with van der Waals surface area (Å²) in [5, 5.41) is 0. The number of ether oxygens (including phenoxy) is 1. The van der Waals surface area contributed by atoms with E-state index in [-0.39, 0.29) is 10.0 Å². The zero-order valence-corrected chi connectivity index (χ0v) is 13.0. The van der Waals surface area contributed by atoms with Crippen LogP contribution in [0.3, 0.4) is 0 Å². The van der Waals surface area contributed by atoms with Crippen LogP contribution in [-0.4, -0.2) is 12.2 Å². The molecule has 2 rings (SSSR count). The Morgan fingerprint density at radius 3 is 2.60 bits per heavy atom.